The highest BCUT2D eigenvalue weighted by molar-refractivity contribution is 5.66. The predicted octanol–water partition coefficient (Wildman–Crippen LogP) is 1.49. The molecule has 2 rings (SSSR count). The number of ether oxygens (including phenoxy) is 1. The average Bonchev–Trinajstić information content (AvgIpc) is 3.02. The van der Waals surface area contributed by atoms with Crippen molar-refractivity contribution in [3.63, 3.8) is 0 Å². The Balaban J connectivity index is 1.87. The van der Waals surface area contributed by atoms with Gasteiger partial charge in [-0.2, -0.15) is 0 Å². The van der Waals surface area contributed by atoms with Crippen LogP contribution in [0.1, 0.15) is 39.0 Å². The molecule has 0 bridgehead atoms. The van der Waals surface area contributed by atoms with Crippen LogP contribution < -0.4 is 0 Å². The Hall–Kier alpha value is -0.610. The second kappa shape index (κ2) is 5.15. The number of nitrogens with zero attached hydrogens (tertiary/aromatic N) is 1. The minimum Gasteiger partial charge on any atom is -0.481 e. The van der Waals surface area contributed by atoms with Crippen molar-refractivity contribution in [2.24, 2.45) is 0 Å². The summed E-state index contributed by atoms with van der Waals surface area (Å²) in [5.74, 6) is -0.689. The maximum Gasteiger partial charge on any atom is 0.304 e. The maximum absolute atomic E-state index is 10.6. The summed E-state index contributed by atoms with van der Waals surface area (Å²) in [7, 11) is 0. The Morgan fingerprint density at radius 3 is 2.69 bits per heavy atom. The van der Waals surface area contributed by atoms with Crippen LogP contribution in [0.3, 0.4) is 0 Å². The van der Waals surface area contributed by atoms with E-state index in [0.29, 0.717) is 24.7 Å². The fraction of sp³-hybridized carbons (Fsp3) is 0.917. The molecule has 16 heavy (non-hydrogen) atoms. The minimum absolute atomic E-state index is 0.266. The summed E-state index contributed by atoms with van der Waals surface area (Å²) in [6.07, 6.45) is 5.18. The third kappa shape index (κ3) is 3.19. The van der Waals surface area contributed by atoms with Gasteiger partial charge < -0.3 is 9.84 Å². The first-order valence-electron chi connectivity index (χ1n) is 6.26. The van der Waals surface area contributed by atoms with Gasteiger partial charge in [-0.1, -0.05) is 0 Å². The Morgan fingerprint density at radius 1 is 1.38 bits per heavy atom. The SMILES string of the molecule is CC1CC(N(CCC(=O)O)C2CC2)CCO1. The summed E-state index contributed by atoms with van der Waals surface area (Å²) in [4.78, 5) is 13.1. The zero-order valence-corrected chi connectivity index (χ0v) is 9.89. The van der Waals surface area contributed by atoms with Crippen LogP contribution in [0.2, 0.25) is 0 Å². The van der Waals surface area contributed by atoms with E-state index in [2.05, 4.69) is 11.8 Å². The number of carbonyl (C=O) groups is 1. The summed E-state index contributed by atoms with van der Waals surface area (Å²) in [5, 5.41) is 8.76. The van der Waals surface area contributed by atoms with Crippen LogP contribution in [0.5, 0.6) is 0 Å². The zero-order valence-electron chi connectivity index (χ0n) is 9.89. The molecular weight excluding hydrogens is 206 g/mol. The highest BCUT2D eigenvalue weighted by atomic mass is 16.5. The van der Waals surface area contributed by atoms with E-state index in [-0.39, 0.29) is 6.42 Å². The van der Waals surface area contributed by atoms with Gasteiger partial charge >= 0.3 is 5.97 Å². The quantitative estimate of drug-likeness (QED) is 0.773. The summed E-state index contributed by atoms with van der Waals surface area (Å²) in [6.45, 7) is 3.63. The number of carboxylic acids is 1. The molecule has 1 aliphatic carbocycles. The van der Waals surface area contributed by atoms with Gasteiger partial charge in [-0.3, -0.25) is 9.69 Å². The van der Waals surface area contributed by atoms with E-state index in [9.17, 15) is 4.79 Å². The van der Waals surface area contributed by atoms with Crippen molar-refractivity contribution in [3.05, 3.63) is 0 Å². The molecule has 2 aliphatic rings. The molecule has 1 saturated carbocycles. The van der Waals surface area contributed by atoms with Gasteiger partial charge in [0.15, 0.2) is 0 Å². The van der Waals surface area contributed by atoms with Crippen molar-refractivity contribution in [1.82, 2.24) is 4.90 Å². The van der Waals surface area contributed by atoms with Crippen LogP contribution >= 0.6 is 0 Å². The van der Waals surface area contributed by atoms with E-state index >= 15 is 0 Å². The molecule has 1 heterocycles. The molecule has 1 saturated heterocycles. The lowest BCUT2D eigenvalue weighted by Gasteiger charge is -2.36. The van der Waals surface area contributed by atoms with E-state index < -0.39 is 5.97 Å². The molecule has 92 valence electrons. The van der Waals surface area contributed by atoms with Crippen molar-refractivity contribution in [3.8, 4) is 0 Å². The van der Waals surface area contributed by atoms with E-state index in [1.54, 1.807) is 0 Å². The van der Waals surface area contributed by atoms with Gasteiger partial charge in [0.05, 0.1) is 12.5 Å². The van der Waals surface area contributed by atoms with Crippen LogP contribution in [0, 0.1) is 0 Å². The summed E-state index contributed by atoms with van der Waals surface area (Å²) in [6, 6.07) is 1.19. The van der Waals surface area contributed by atoms with Crippen molar-refractivity contribution in [2.75, 3.05) is 13.2 Å². The molecule has 0 aromatic heterocycles. The van der Waals surface area contributed by atoms with Gasteiger partial charge in [-0.05, 0) is 32.6 Å². The third-order valence-corrected chi connectivity index (χ3v) is 3.53. The number of rotatable bonds is 5. The highest BCUT2D eigenvalue weighted by Crippen LogP contribution is 2.32. The van der Waals surface area contributed by atoms with Gasteiger partial charge in [-0.15, -0.1) is 0 Å². The zero-order chi connectivity index (χ0) is 11.5. The van der Waals surface area contributed by atoms with Crippen molar-refractivity contribution < 1.29 is 14.6 Å². The largest absolute Gasteiger partial charge is 0.481 e. The number of aliphatic carboxylic acids is 1. The molecule has 2 unspecified atom stereocenters. The molecule has 0 aromatic carbocycles. The first kappa shape index (κ1) is 11.9. The molecule has 0 spiro atoms. The number of carboxylic acid groups (broad SMARTS) is 1. The highest BCUT2D eigenvalue weighted by Gasteiger charge is 2.35. The Kier molecular flexibility index (Phi) is 3.82. The van der Waals surface area contributed by atoms with Crippen molar-refractivity contribution >= 4 is 5.97 Å². The molecule has 1 aliphatic heterocycles. The van der Waals surface area contributed by atoms with Crippen molar-refractivity contribution in [2.45, 2.75) is 57.2 Å². The van der Waals surface area contributed by atoms with E-state index in [0.717, 1.165) is 19.4 Å². The molecule has 0 aromatic rings. The van der Waals surface area contributed by atoms with E-state index in [1.807, 2.05) is 0 Å². The van der Waals surface area contributed by atoms with Gasteiger partial charge in [0.2, 0.25) is 0 Å². The van der Waals surface area contributed by atoms with Crippen LogP contribution in [-0.2, 0) is 9.53 Å². The molecule has 0 amide bonds. The van der Waals surface area contributed by atoms with Gasteiger partial charge in [0.1, 0.15) is 0 Å². The monoisotopic (exact) mass is 227 g/mol. The van der Waals surface area contributed by atoms with Crippen molar-refractivity contribution in [1.29, 1.82) is 0 Å². The van der Waals surface area contributed by atoms with Crippen LogP contribution in [0.25, 0.3) is 0 Å². The predicted molar refractivity (Wildman–Crippen MR) is 60.4 cm³/mol. The standard InChI is InChI=1S/C12H21NO3/c1-9-8-11(5-7-16-9)13(10-2-3-10)6-4-12(14)15/h9-11H,2-8H2,1H3,(H,14,15). The second-order valence-corrected chi connectivity index (χ2v) is 4.97. The van der Waals surface area contributed by atoms with Gasteiger partial charge in [0, 0.05) is 25.2 Å². The smallest absolute Gasteiger partial charge is 0.304 e. The second-order valence-electron chi connectivity index (χ2n) is 4.97. The minimum atomic E-state index is -0.689. The normalized spacial score (nSPS) is 30.6. The number of hydrogen-bond acceptors (Lipinski definition) is 3. The Labute approximate surface area is 96.6 Å². The summed E-state index contributed by atoms with van der Waals surface area (Å²) in [5.41, 5.74) is 0. The van der Waals surface area contributed by atoms with Crippen LogP contribution in [0.4, 0.5) is 0 Å². The van der Waals surface area contributed by atoms with E-state index in [1.165, 1.54) is 12.8 Å². The van der Waals surface area contributed by atoms with Crippen LogP contribution in [0.15, 0.2) is 0 Å². The lowest BCUT2D eigenvalue weighted by Crippen LogP contribution is -2.43. The van der Waals surface area contributed by atoms with Crippen LogP contribution in [-0.4, -0.2) is 47.3 Å². The van der Waals surface area contributed by atoms with Gasteiger partial charge in [-0.25, -0.2) is 0 Å². The summed E-state index contributed by atoms with van der Waals surface area (Å²) >= 11 is 0. The fourth-order valence-corrected chi connectivity index (χ4v) is 2.57. The average molecular weight is 227 g/mol. The lowest BCUT2D eigenvalue weighted by atomic mass is 10.0. The third-order valence-electron chi connectivity index (χ3n) is 3.53. The topological polar surface area (TPSA) is 49.8 Å². The molecule has 2 fully saturated rings. The van der Waals surface area contributed by atoms with E-state index in [4.69, 9.17) is 9.84 Å². The Morgan fingerprint density at radius 2 is 2.12 bits per heavy atom. The molecule has 0 radical (unpaired) electrons. The molecule has 4 nitrogen and oxygen atoms in total. The Bertz CT molecular complexity index is 253. The molecule has 2 atom stereocenters. The maximum atomic E-state index is 10.6. The first-order valence-corrected chi connectivity index (χ1v) is 6.26. The summed E-state index contributed by atoms with van der Waals surface area (Å²) < 4.78 is 5.54. The molecular formula is C12H21NO3. The molecule has 4 heteroatoms. The van der Waals surface area contributed by atoms with Gasteiger partial charge in [0.25, 0.3) is 0 Å². The number of hydrogen-bond donors (Lipinski definition) is 1. The molecule has 1 N–H and O–H groups in total. The lowest BCUT2D eigenvalue weighted by molar-refractivity contribution is -0.137. The first-order chi connectivity index (χ1) is 7.66. The fourth-order valence-electron chi connectivity index (χ4n) is 2.57.